The van der Waals surface area contributed by atoms with E-state index in [2.05, 4.69) is 66.7 Å². The van der Waals surface area contributed by atoms with Gasteiger partial charge in [-0.1, -0.05) is 72.3 Å². The van der Waals surface area contributed by atoms with Gasteiger partial charge < -0.3 is 5.11 Å². The van der Waals surface area contributed by atoms with Gasteiger partial charge in [0.1, 0.15) is 0 Å². The highest BCUT2D eigenvalue weighted by atomic mass is 16.3. The second-order valence-corrected chi connectivity index (χ2v) is 12.7. The Bertz CT molecular complexity index is 688. The van der Waals surface area contributed by atoms with Crippen LogP contribution < -0.4 is 0 Å². The molecule has 3 saturated carbocycles. The van der Waals surface area contributed by atoms with Crippen LogP contribution in [0.1, 0.15) is 93.4 Å². The third kappa shape index (κ3) is 3.37. The summed E-state index contributed by atoms with van der Waals surface area (Å²) in [5, 5.41) is 11.2. The van der Waals surface area contributed by atoms with Crippen molar-refractivity contribution in [1.82, 2.24) is 0 Å². The summed E-state index contributed by atoms with van der Waals surface area (Å²) >= 11 is 0. The van der Waals surface area contributed by atoms with Crippen LogP contribution in [0.25, 0.3) is 0 Å². The number of allylic oxidation sites excluding steroid dienone is 4. The van der Waals surface area contributed by atoms with Gasteiger partial charge in [-0.15, -0.1) is 0 Å². The Kier molecular flexibility index (Phi) is 6.10. The van der Waals surface area contributed by atoms with Crippen LogP contribution in [0.4, 0.5) is 0 Å². The minimum absolute atomic E-state index is 0.103. The van der Waals surface area contributed by atoms with Gasteiger partial charge in [-0.2, -0.15) is 0 Å². The number of rotatable bonds is 4. The van der Waals surface area contributed by atoms with Crippen molar-refractivity contribution in [1.29, 1.82) is 0 Å². The molecule has 1 N–H and O–H groups in total. The van der Waals surface area contributed by atoms with Crippen LogP contribution in [-0.4, -0.2) is 11.2 Å². The zero-order chi connectivity index (χ0) is 21.8. The number of fused-ring (bicyclic) bond motifs is 5. The Morgan fingerprint density at radius 3 is 2.40 bits per heavy atom. The lowest BCUT2D eigenvalue weighted by atomic mass is 9.46. The predicted molar refractivity (Wildman–Crippen MR) is 128 cm³/mol. The van der Waals surface area contributed by atoms with Gasteiger partial charge in [0.2, 0.25) is 0 Å². The first-order valence-corrected chi connectivity index (χ1v) is 13.2. The molecule has 1 heteroatoms. The summed E-state index contributed by atoms with van der Waals surface area (Å²) in [6, 6.07) is 0. The van der Waals surface area contributed by atoms with E-state index < -0.39 is 0 Å². The zero-order valence-corrected chi connectivity index (χ0v) is 20.8. The minimum atomic E-state index is -0.103. The summed E-state index contributed by atoms with van der Waals surface area (Å²) in [6.45, 7) is 17.0. The van der Waals surface area contributed by atoms with Crippen LogP contribution >= 0.6 is 0 Å². The van der Waals surface area contributed by atoms with Crippen LogP contribution in [0.5, 0.6) is 0 Å². The maximum Gasteiger partial charge on any atom is 0.0602 e. The summed E-state index contributed by atoms with van der Waals surface area (Å²) in [7, 11) is 0. The van der Waals surface area contributed by atoms with E-state index in [1.807, 2.05) is 0 Å². The fourth-order valence-corrected chi connectivity index (χ4v) is 8.59. The van der Waals surface area contributed by atoms with Gasteiger partial charge in [-0.25, -0.2) is 0 Å². The highest BCUT2D eigenvalue weighted by Crippen LogP contribution is 2.67. The zero-order valence-electron chi connectivity index (χ0n) is 20.8. The van der Waals surface area contributed by atoms with Gasteiger partial charge in [0, 0.05) is 5.41 Å². The van der Waals surface area contributed by atoms with Crippen LogP contribution in [0.2, 0.25) is 0 Å². The molecule has 0 amide bonds. The fourth-order valence-electron chi connectivity index (χ4n) is 8.59. The summed E-state index contributed by atoms with van der Waals surface area (Å²) < 4.78 is 0. The van der Waals surface area contributed by atoms with Gasteiger partial charge in [-0.3, -0.25) is 0 Å². The molecule has 10 atom stereocenters. The van der Waals surface area contributed by atoms with Crippen molar-refractivity contribution >= 4 is 0 Å². The van der Waals surface area contributed by atoms with E-state index in [4.69, 9.17) is 0 Å². The quantitative estimate of drug-likeness (QED) is 0.470. The minimum Gasteiger partial charge on any atom is -0.393 e. The standard InChI is InChI=1S/C29H48O/c1-18(2)19(3)8-9-20(4)23-13-14-25-22-11-12-24-21(5)10-15-27(30)29(24,7)26(22)16-17-28(23,25)6/h8-9,11,18-21,23-27,30H,10,12-17H2,1-7H3/b9-8+/t19?,20-,21-,23-,24+,25+,26+,27?,28-,29+/m1/s1. The van der Waals surface area contributed by atoms with Crippen molar-refractivity contribution in [3.63, 3.8) is 0 Å². The Labute approximate surface area is 186 Å². The first kappa shape index (κ1) is 22.6. The molecular formula is C29H48O. The second-order valence-electron chi connectivity index (χ2n) is 12.7. The third-order valence-corrected chi connectivity index (χ3v) is 11.0. The van der Waals surface area contributed by atoms with E-state index in [0.29, 0.717) is 29.1 Å². The summed E-state index contributed by atoms with van der Waals surface area (Å²) in [6.07, 6.45) is 16.4. The Balaban J connectivity index is 1.58. The van der Waals surface area contributed by atoms with E-state index in [1.165, 1.54) is 38.5 Å². The highest BCUT2D eigenvalue weighted by Gasteiger charge is 2.60. The van der Waals surface area contributed by atoms with E-state index in [0.717, 1.165) is 30.1 Å². The molecule has 3 fully saturated rings. The molecular weight excluding hydrogens is 364 g/mol. The molecule has 0 saturated heterocycles. The highest BCUT2D eigenvalue weighted by molar-refractivity contribution is 5.29. The van der Waals surface area contributed by atoms with Gasteiger partial charge in [-0.05, 0) is 97.7 Å². The molecule has 4 aliphatic rings. The van der Waals surface area contributed by atoms with Gasteiger partial charge in [0.15, 0.2) is 0 Å². The number of hydrogen-bond acceptors (Lipinski definition) is 1. The average Bonchev–Trinajstić information content (AvgIpc) is 3.06. The van der Waals surface area contributed by atoms with Gasteiger partial charge in [0.05, 0.1) is 6.10 Å². The lowest BCUT2D eigenvalue weighted by Crippen LogP contribution is -2.55. The van der Waals surface area contributed by atoms with Gasteiger partial charge in [0.25, 0.3) is 0 Å². The summed E-state index contributed by atoms with van der Waals surface area (Å²) in [5.74, 6) is 5.68. The molecule has 0 bridgehead atoms. The van der Waals surface area contributed by atoms with Crippen LogP contribution in [0.15, 0.2) is 23.8 Å². The van der Waals surface area contributed by atoms with Crippen LogP contribution in [-0.2, 0) is 0 Å². The van der Waals surface area contributed by atoms with E-state index >= 15 is 0 Å². The predicted octanol–water partition coefficient (Wildman–Crippen LogP) is 7.66. The molecule has 0 aromatic carbocycles. The lowest BCUT2D eigenvalue weighted by molar-refractivity contribution is -0.114. The van der Waals surface area contributed by atoms with E-state index in [-0.39, 0.29) is 11.5 Å². The normalized spacial score (nSPS) is 48.1. The lowest BCUT2D eigenvalue weighted by Gasteiger charge is -2.60. The maximum atomic E-state index is 11.2. The molecule has 0 radical (unpaired) electrons. The van der Waals surface area contributed by atoms with Crippen molar-refractivity contribution < 1.29 is 5.11 Å². The van der Waals surface area contributed by atoms with Crippen molar-refractivity contribution in [2.75, 3.05) is 0 Å². The molecule has 0 aliphatic heterocycles. The Morgan fingerprint density at radius 2 is 1.70 bits per heavy atom. The van der Waals surface area contributed by atoms with Crippen molar-refractivity contribution in [2.45, 2.75) is 99.5 Å². The van der Waals surface area contributed by atoms with Crippen LogP contribution in [0, 0.1) is 58.2 Å². The fraction of sp³-hybridized carbons (Fsp3) is 0.862. The largest absolute Gasteiger partial charge is 0.393 e. The van der Waals surface area contributed by atoms with E-state index in [9.17, 15) is 5.11 Å². The molecule has 0 aromatic rings. The molecule has 0 heterocycles. The monoisotopic (exact) mass is 412 g/mol. The summed E-state index contributed by atoms with van der Waals surface area (Å²) in [5.41, 5.74) is 2.32. The first-order valence-electron chi connectivity index (χ1n) is 13.2. The van der Waals surface area contributed by atoms with E-state index in [1.54, 1.807) is 5.57 Å². The number of aliphatic hydroxyl groups is 1. The topological polar surface area (TPSA) is 20.2 Å². The molecule has 170 valence electrons. The smallest absolute Gasteiger partial charge is 0.0602 e. The third-order valence-electron chi connectivity index (χ3n) is 11.0. The van der Waals surface area contributed by atoms with Crippen molar-refractivity contribution in [2.24, 2.45) is 58.2 Å². The van der Waals surface area contributed by atoms with Crippen LogP contribution in [0.3, 0.4) is 0 Å². The second kappa shape index (κ2) is 8.09. The molecule has 2 unspecified atom stereocenters. The molecule has 0 spiro atoms. The number of aliphatic hydroxyl groups excluding tert-OH is 1. The molecule has 1 nitrogen and oxygen atoms in total. The molecule has 4 aliphatic carbocycles. The van der Waals surface area contributed by atoms with Crippen molar-refractivity contribution in [3.05, 3.63) is 23.8 Å². The average molecular weight is 413 g/mol. The number of hydrogen-bond donors (Lipinski definition) is 1. The Hall–Kier alpha value is -0.560. The van der Waals surface area contributed by atoms with Crippen molar-refractivity contribution in [3.8, 4) is 0 Å². The molecule has 30 heavy (non-hydrogen) atoms. The van der Waals surface area contributed by atoms with Gasteiger partial charge >= 0.3 is 0 Å². The SMILES string of the molecule is CC(C)C(C)/C=C/[C@@H](C)[C@H]1CC[C@H]2C3=CC[C@H]4[C@H](C)CCC(O)[C@]4(C)[C@H]3CC[C@]12C. The first-order chi connectivity index (χ1) is 14.1. The molecule has 4 rings (SSSR count). The summed E-state index contributed by atoms with van der Waals surface area (Å²) in [4.78, 5) is 0. The Morgan fingerprint density at radius 1 is 0.967 bits per heavy atom. The maximum absolute atomic E-state index is 11.2. The molecule has 0 aromatic heterocycles.